The van der Waals surface area contributed by atoms with Crippen LogP contribution in [0.25, 0.3) is 0 Å². The zero-order valence-electron chi connectivity index (χ0n) is 12.9. The number of rotatable bonds is 10. The summed E-state index contributed by atoms with van der Waals surface area (Å²) in [5.74, 6) is 0.164. The molecule has 1 aromatic rings. The number of carbonyl (C=O) groups excluding carboxylic acids is 1. The van der Waals surface area contributed by atoms with E-state index in [2.05, 4.69) is 17.6 Å². The number of nitrogens with one attached hydrogen (secondary N) is 2. The Balaban J connectivity index is 1.61. The molecule has 1 aliphatic heterocycles. The van der Waals surface area contributed by atoms with Crippen molar-refractivity contribution in [3.8, 4) is 0 Å². The summed E-state index contributed by atoms with van der Waals surface area (Å²) >= 11 is 0. The third kappa shape index (κ3) is 5.14. The summed E-state index contributed by atoms with van der Waals surface area (Å²) in [6, 6.07) is 5.94. The van der Waals surface area contributed by atoms with Gasteiger partial charge in [-0.25, -0.2) is 0 Å². The SMILES string of the molecule is CCCCOCCCNCC(=O)c1ccc2c(c1)CCN2. The number of hydrogen-bond donors (Lipinski definition) is 2. The molecule has 0 radical (unpaired) electrons. The predicted molar refractivity (Wildman–Crippen MR) is 86.2 cm³/mol. The number of benzene rings is 1. The minimum Gasteiger partial charge on any atom is -0.384 e. The van der Waals surface area contributed by atoms with Crippen LogP contribution in [0.1, 0.15) is 42.1 Å². The lowest BCUT2D eigenvalue weighted by molar-refractivity contribution is 0.0986. The zero-order valence-corrected chi connectivity index (χ0v) is 12.9. The van der Waals surface area contributed by atoms with Crippen molar-refractivity contribution in [2.45, 2.75) is 32.6 Å². The van der Waals surface area contributed by atoms with Gasteiger partial charge in [0.1, 0.15) is 0 Å². The Kier molecular flexibility index (Phi) is 6.70. The molecule has 0 aromatic heterocycles. The highest BCUT2D eigenvalue weighted by atomic mass is 16.5. The van der Waals surface area contributed by atoms with E-state index in [1.165, 1.54) is 17.7 Å². The maximum absolute atomic E-state index is 12.1. The van der Waals surface area contributed by atoms with Crippen molar-refractivity contribution in [2.75, 3.05) is 38.2 Å². The Labute approximate surface area is 127 Å². The van der Waals surface area contributed by atoms with E-state index >= 15 is 0 Å². The van der Waals surface area contributed by atoms with E-state index in [0.29, 0.717) is 6.54 Å². The molecule has 2 N–H and O–H groups in total. The fourth-order valence-electron chi connectivity index (χ4n) is 2.43. The highest BCUT2D eigenvalue weighted by molar-refractivity contribution is 5.98. The Morgan fingerprint density at radius 3 is 3.05 bits per heavy atom. The van der Waals surface area contributed by atoms with E-state index in [1.807, 2.05) is 18.2 Å². The average Bonchev–Trinajstić information content (AvgIpc) is 2.97. The van der Waals surface area contributed by atoms with Crippen molar-refractivity contribution >= 4 is 11.5 Å². The molecule has 4 nitrogen and oxygen atoms in total. The topological polar surface area (TPSA) is 50.4 Å². The van der Waals surface area contributed by atoms with Crippen LogP contribution in [0.3, 0.4) is 0 Å². The molecule has 116 valence electrons. The molecular weight excluding hydrogens is 264 g/mol. The standard InChI is InChI=1S/C17H26N2O2/c1-2-3-10-21-11-4-8-18-13-17(20)15-5-6-16-14(12-15)7-9-19-16/h5-6,12,18-19H,2-4,7-11,13H2,1H3. The Morgan fingerprint density at radius 1 is 1.33 bits per heavy atom. The molecule has 21 heavy (non-hydrogen) atoms. The number of anilines is 1. The van der Waals surface area contributed by atoms with Gasteiger partial charge in [0.25, 0.3) is 0 Å². The second-order valence-corrected chi connectivity index (χ2v) is 5.47. The molecule has 0 saturated heterocycles. The average molecular weight is 290 g/mol. The van der Waals surface area contributed by atoms with Crippen LogP contribution in [0, 0.1) is 0 Å². The van der Waals surface area contributed by atoms with Crippen molar-refractivity contribution in [2.24, 2.45) is 0 Å². The third-order valence-corrected chi connectivity index (χ3v) is 3.71. The van der Waals surface area contributed by atoms with Crippen molar-refractivity contribution in [1.29, 1.82) is 0 Å². The molecule has 0 aliphatic carbocycles. The molecule has 2 rings (SSSR count). The molecule has 4 heteroatoms. The first-order valence-corrected chi connectivity index (χ1v) is 7.99. The van der Waals surface area contributed by atoms with Crippen LogP contribution in [0.4, 0.5) is 5.69 Å². The van der Waals surface area contributed by atoms with Crippen molar-refractivity contribution in [3.63, 3.8) is 0 Å². The summed E-state index contributed by atoms with van der Waals surface area (Å²) in [5.41, 5.74) is 3.23. The van der Waals surface area contributed by atoms with Crippen molar-refractivity contribution in [3.05, 3.63) is 29.3 Å². The van der Waals surface area contributed by atoms with Gasteiger partial charge in [-0.15, -0.1) is 0 Å². The maximum Gasteiger partial charge on any atom is 0.176 e. The molecule has 0 atom stereocenters. The van der Waals surface area contributed by atoms with Crippen LogP contribution in [0.5, 0.6) is 0 Å². The number of ketones is 1. The second kappa shape index (κ2) is 8.80. The summed E-state index contributed by atoms with van der Waals surface area (Å²) < 4.78 is 5.48. The highest BCUT2D eigenvalue weighted by Crippen LogP contribution is 2.23. The summed E-state index contributed by atoms with van der Waals surface area (Å²) in [6.07, 6.45) is 4.26. The molecule has 0 saturated carbocycles. The number of Topliss-reactive ketones (excluding diaryl/α,β-unsaturated/α-hetero) is 1. The predicted octanol–water partition coefficient (Wildman–Crippen LogP) is 2.63. The van der Waals surface area contributed by atoms with Gasteiger partial charge in [0.2, 0.25) is 0 Å². The van der Waals surface area contributed by atoms with Gasteiger partial charge in [-0.3, -0.25) is 4.79 Å². The minimum absolute atomic E-state index is 0.164. The lowest BCUT2D eigenvalue weighted by Gasteiger charge is -2.07. The molecule has 0 spiro atoms. The highest BCUT2D eigenvalue weighted by Gasteiger charge is 2.13. The van der Waals surface area contributed by atoms with Crippen LogP contribution in [0.15, 0.2) is 18.2 Å². The molecule has 1 aliphatic rings. The van der Waals surface area contributed by atoms with E-state index in [9.17, 15) is 4.79 Å². The number of fused-ring (bicyclic) bond motifs is 1. The lowest BCUT2D eigenvalue weighted by atomic mass is 10.1. The smallest absolute Gasteiger partial charge is 0.176 e. The van der Waals surface area contributed by atoms with Crippen molar-refractivity contribution in [1.82, 2.24) is 5.32 Å². The first-order valence-electron chi connectivity index (χ1n) is 7.99. The minimum atomic E-state index is 0.164. The maximum atomic E-state index is 12.1. The van der Waals surface area contributed by atoms with Gasteiger partial charge in [0.15, 0.2) is 5.78 Å². The molecular formula is C17H26N2O2. The van der Waals surface area contributed by atoms with E-state index in [-0.39, 0.29) is 5.78 Å². The molecule has 0 amide bonds. The summed E-state index contributed by atoms with van der Waals surface area (Å²) in [7, 11) is 0. The second-order valence-electron chi connectivity index (χ2n) is 5.47. The quantitative estimate of drug-likeness (QED) is 0.514. The molecule has 1 aromatic carbocycles. The first-order chi connectivity index (χ1) is 10.3. The van der Waals surface area contributed by atoms with Crippen molar-refractivity contribution < 1.29 is 9.53 Å². The van der Waals surface area contributed by atoms with Crippen LogP contribution >= 0.6 is 0 Å². The monoisotopic (exact) mass is 290 g/mol. The van der Waals surface area contributed by atoms with Gasteiger partial charge in [0, 0.05) is 31.0 Å². The first kappa shape index (κ1) is 16.0. The van der Waals surface area contributed by atoms with Gasteiger partial charge in [0.05, 0.1) is 6.54 Å². The molecule has 0 unspecified atom stereocenters. The Bertz CT molecular complexity index is 460. The third-order valence-electron chi connectivity index (χ3n) is 3.71. The molecule has 0 fully saturated rings. The van der Waals surface area contributed by atoms with Gasteiger partial charge >= 0.3 is 0 Å². The van der Waals surface area contributed by atoms with E-state index in [1.54, 1.807) is 0 Å². The van der Waals surface area contributed by atoms with Crippen LogP contribution in [-0.2, 0) is 11.2 Å². The number of carbonyl (C=O) groups is 1. The number of ether oxygens (including phenoxy) is 1. The number of unbranched alkanes of at least 4 members (excludes halogenated alkanes) is 1. The lowest BCUT2D eigenvalue weighted by Crippen LogP contribution is -2.24. The summed E-state index contributed by atoms with van der Waals surface area (Å²) in [6.45, 7) is 5.98. The fourth-order valence-corrected chi connectivity index (χ4v) is 2.43. The Morgan fingerprint density at radius 2 is 2.19 bits per heavy atom. The van der Waals surface area contributed by atoms with Gasteiger partial charge in [-0.1, -0.05) is 13.3 Å². The van der Waals surface area contributed by atoms with Gasteiger partial charge in [-0.2, -0.15) is 0 Å². The summed E-state index contributed by atoms with van der Waals surface area (Å²) in [4.78, 5) is 12.1. The summed E-state index contributed by atoms with van der Waals surface area (Å²) in [5, 5.41) is 6.50. The molecule has 1 heterocycles. The van der Waals surface area contributed by atoms with E-state index in [4.69, 9.17) is 4.74 Å². The van der Waals surface area contributed by atoms with E-state index < -0.39 is 0 Å². The Hall–Kier alpha value is -1.39. The zero-order chi connectivity index (χ0) is 14.9. The molecule has 0 bridgehead atoms. The number of hydrogen-bond acceptors (Lipinski definition) is 4. The normalized spacial score (nSPS) is 13.0. The van der Waals surface area contributed by atoms with Crippen LogP contribution in [0.2, 0.25) is 0 Å². The van der Waals surface area contributed by atoms with Gasteiger partial charge in [-0.05, 0) is 49.6 Å². The van der Waals surface area contributed by atoms with Crippen LogP contribution in [-0.4, -0.2) is 38.6 Å². The van der Waals surface area contributed by atoms with Gasteiger partial charge < -0.3 is 15.4 Å². The largest absolute Gasteiger partial charge is 0.384 e. The van der Waals surface area contributed by atoms with E-state index in [0.717, 1.165) is 51.1 Å². The van der Waals surface area contributed by atoms with Crippen LogP contribution < -0.4 is 10.6 Å². The fraction of sp³-hybridized carbons (Fsp3) is 0.588.